The van der Waals surface area contributed by atoms with Crippen molar-refractivity contribution in [2.24, 2.45) is 0 Å². The Morgan fingerprint density at radius 1 is 1.33 bits per heavy atom. The lowest BCUT2D eigenvalue weighted by atomic mass is 10.2. The van der Waals surface area contributed by atoms with Crippen molar-refractivity contribution in [2.45, 2.75) is 23.8 Å². The fourth-order valence-corrected chi connectivity index (χ4v) is 3.82. The van der Waals surface area contributed by atoms with Gasteiger partial charge in [0.15, 0.2) is 0 Å². The maximum Gasteiger partial charge on any atom is 0.262 e. The molecular weight excluding hydrogens is 361 g/mol. The summed E-state index contributed by atoms with van der Waals surface area (Å²) in [6.45, 7) is 1.01. The van der Waals surface area contributed by atoms with E-state index in [1.807, 2.05) is 0 Å². The van der Waals surface area contributed by atoms with Gasteiger partial charge in [0.1, 0.15) is 4.90 Å². The van der Waals surface area contributed by atoms with E-state index in [2.05, 4.69) is 5.32 Å². The minimum atomic E-state index is -4.06. The molecule has 0 spiro atoms. The van der Waals surface area contributed by atoms with Crippen LogP contribution in [0, 0.1) is 0 Å². The van der Waals surface area contributed by atoms with Crippen LogP contribution in [-0.4, -0.2) is 33.6 Å². The number of benzene rings is 1. The summed E-state index contributed by atoms with van der Waals surface area (Å²) in [5.74, 6) is -0.506. The van der Waals surface area contributed by atoms with Crippen molar-refractivity contribution in [2.75, 3.05) is 13.2 Å². The van der Waals surface area contributed by atoms with Crippen LogP contribution in [0.2, 0.25) is 10.0 Å². The molecule has 0 aliphatic carbocycles. The van der Waals surface area contributed by atoms with Gasteiger partial charge in [-0.1, -0.05) is 23.2 Å². The van der Waals surface area contributed by atoms with Gasteiger partial charge in [-0.3, -0.25) is 4.79 Å². The minimum Gasteiger partial charge on any atom is -0.376 e. The Labute approximate surface area is 136 Å². The molecule has 1 aromatic carbocycles. The molecule has 1 heterocycles. The van der Waals surface area contributed by atoms with Gasteiger partial charge in [-0.2, -0.15) is 0 Å². The van der Waals surface area contributed by atoms with Gasteiger partial charge in [0, 0.05) is 23.8 Å². The number of carbonyl (C=O) groups excluding carboxylic acids is 1. The van der Waals surface area contributed by atoms with Crippen LogP contribution in [-0.2, 0) is 13.8 Å². The first-order valence-electron chi connectivity index (χ1n) is 6.12. The van der Waals surface area contributed by atoms with E-state index in [0.29, 0.717) is 13.2 Å². The molecule has 0 bridgehead atoms. The summed E-state index contributed by atoms with van der Waals surface area (Å²) >= 11 is 11.7. The fraction of sp³-hybridized carbons (Fsp3) is 0.417. The average molecular weight is 373 g/mol. The second kappa shape index (κ2) is 6.71. The lowest BCUT2D eigenvalue weighted by molar-refractivity contribution is 0.0857. The second-order valence-corrected chi connectivity index (χ2v) is 7.89. The Morgan fingerprint density at radius 3 is 2.62 bits per heavy atom. The quantitative estimate of drug-likeness (QED) is 0.825. The smallest absolute Gasteiger partial charge is 0.262 e. The lowest BCUT2D eigenvalue weighted by Crippen LogP contribution is -2.32. The Kier molecular flexibility index (Phi) is 5.38. The molecule has 1 aromatic rings. The van der Waals surface area contributed by atoms with Gasteiger partial charge in [-0.15, -0.1) is 0 Å². The van der Waals surface area contributed by atoms with E-state index >= 15 is 0 Å². The van der Waals surface area contributed by atoms with Crippen LogP contribution in [0.15, 0.2) is 17.0 Å². The Morgan fingerprint density at radius 2 is 2.05 bits per heavy atom. The predicted octanol–water partition coefficient (Wildman–Crippen LogP) is 2.83. The molecule has 0 aromatic heterocycles. The highest BCUT2D eigenvalue weighted by atomic mass is 35.7. The summed E-state index contributed by atoms with van der Waals surface area (Å²) in [6, 6.07) is 2.25. The molecule has 1 amide bonds. The van der Waals surface area contributed by atoms with Crippen molar-refractivity contribution in [1.29, 1.82) is 0 Å². The van der Waals surface area contributed by atoms with Gasteiger partial charge < -0.3 is 10.1 Å². The highest BCUT2D eigenvalue weighted by Gasteiger charge is 2.22. The van der Waals surface area contributed by atoms with Gasteiger partial charge in [0.05, 0.1) is 21.7 Å². The van der Waals surface area contributed by atoms with Gasteiger partial charge >= 0.3 is 0 Å². The van der Waals surface area contributed by atoms with E-state index in [4.69, 9.17) is 38.6 Å². The molecule has 0 saturated carbocycles. The minimum absolute atomic E-state index is 0.00158. The molecular formula is C12H12Cl3NO4S. The maximum absolute atomic E-state index is 12.1. The average Bonchev–Trinajstić information content (AvgIpc) is 2.87. The summed E-state index contributed by atoms with van der Waals surface area (Å²) in [7, 11) is 1.21. The van der Waals surface area contributed by atoms with Gasteiger partial charge in [-0.25, -0.2) is 8.42 Å². The predicted molar refractivity (Wildman–Crippen MR) is 80.8 cm³/mol. The number of hydrogen-bond acceptors (Lipinski definition) is 4. The highest BCUT2D eigenvalue weighted by Crippen LogP contribution is 2.30. The number of nitrogens with one attached hydrogen (secondary N) is 1. The molecule has 1 atom stereocenters. The monoisotopic (exact) mass is 371 g/mol. The summed E-state index contributed by atoms with van der Waals surface area (Å²) in [5.41, 5.74) is -0.00158. The Hall–Kier alpha value is -0.530. The van der Waals surface area contributed by atoms with Crippen LogP contribution in [0.4, 0.5) is 0 Å². The molecule has 1 aliphatic rings. The van der Waals surface area contributed by atoms with Gasteiger partial charge in [0.2, 0.25) is 0 Å². The fourth-order valence-electron chi connectivity index (χ4n) is 2.00. The second-order valence-electron chi connectivity index (χ2n) is 4.55. The van der Waals surface area contributed by atoms with Crippen molar-refractivity contribution in [3.05, 3.63) is 27.7 Å². The third-order valence-corrected chi connectivity index (χ3v) is 5.14. The summed E-state index contributed by atoms with van der Waals surface area (Å²) < 4.78 is 28.2. The zero-order chi connectivity index (χ0) is 15.6. The lowest BCUT2D eigenvalue weighted by Gasteiger charge is -2.12. The van der Waals surface area contributed by atoms with Gasteiger partial charge in [-0.05, 0) is 25.0 Å². The topological polar surface area (TPSA) is 72.5 Å². The van der Waals surface area contributed by atoms with Crippen LogP contribution in [0.25, 0.3) is 0 Å². The van der Waals surface area contributed by atoms with Crippen LogP contribution >= 0.6 is 33.9 Å². The largest absolute Gasteiger partial charge is 0.376 e. The summed E-state index contributed by atoms with van der Waals surface area (Å²) in [6.07, 6.45) is 1.79. The van der Waals surface area contributed by atoms with Crippen LogP contribution in [0.1, 0.15) is 23.2 Å². The Bertz CT molecular complexity index is 657. The van der Waals surface area contributed by atoms with E-state index in [-0.39, 0.29) is 26.6 Å². The van der Waals surface area contributed by atoms with E-state index in [1.165, 1.54) is 6.07 Å². The molecule has 1 N–H and O–H groups in total. The molecule has 1 fully saturated rings. The van der Waals surface area contributed by atoms with Crippen molar-refractivity contribution in [1.82, 2.24) is 5.32 Å². The van der Waals surface area contributed by atoms with Crippen LogP contribution in [0.5, 0.6) is 0 Å². The van der Waals surface area contributed by atoms with E-state index in [0.717, 1.165) is 18.9 Å². The van der Waals surface area contributed by atoms with Crippen molar-refractivity contribution >= 4 is 48.8 Å². The number of amides is 1. The van der Waals surface area contributed by atoms with Crippen molar-refractivity contribution in [3.8, 4) is 0 Å². The molecule has 1 aliphatic heterocycles. The SMILES string of the molecule is O=C(NCC1CCCO1)c1cc(S(=O)(=O)Cl)c(Cl)cc1Cl. The normalized spacial score (nSPS) is 18.7. The first-order chi connectivity index (χ1) is 9.79. The van der Waals surface area contributed by atoms with Crippen LogP contribution in [0.3, 0.4) is 0 Å². The molecule has 1 saturated heterocycles. The molecule has 116 valence electrons. The maximum atomic E-state index is 12.1. The van der Waals surface area contributed by atoms with E-state index in [9.17, 15) is 13.2 Å². The molecule has 2 rings (SSSR count). The number of halogens is 3. The van der Waals surface area contributed by atoms with E-state index in [1.54, 1.807) is 0 Å². The zero-order valence-corrected chi connectivity index (χ0v) is 13.8. The molecule has 1 unspecified atom stereocenters. The summed E-state index contributed by atoms with van der Waals surface area (Å²) in [5, 5.41) is 2.57. The molecule has 21 heavy (non-hydrogen) atoms. The third kappa shape index (κ3) is 4.23. The standard InChI is InChI=1S/C12H12Cl3NO4S/c13-9-5-10(14)11(21(15,18)19)4-8(9)12(17)16-6-7-2-1-3-20-7/h4-5,7H,1-3,6H2,(H,16,17). The van der Waals surface area contributed by atoms with Gasteiger partial charge in [0.25, 0.3) is 15.0 Å². The number of rotatable bonds is 4. The summed E-state index contributed by atoms with van der Waals surface area (Å²) in [4.78, 5) is 11.7. The third-order valence-electron chi connectivity index (χ3n) is 3.04. The molecule has 0 radical (unpaired) electrons. The van der Waals surface area contributed by atoms with Crippen molar-refractivity contribution in [3.63, 3.8) is 0 Å². The first-order valence-corrected chi connectivity index (χ1v) is 9.19. The first kappa shape index (κ1) is 16.8. The highest BCUT2D eigenvalue weighted by molar-refractivity contribution is 8.13. The van der Waals surface area contributed by atoms with Crippen molar-refractivity contribution < 1.29 is 17.9 Å². The van der Waals surface area contributed by atoms with E-state index < -0.39 is 15.0 Å². The Balaban J connectivity index is 2.20. The number of carbonyl (C=O) groups is 1. The van der Waals surface area contributed by atoms with Crippen LogP contribution < -0.4 is 5.32 Å². The molecule has 9 heteroatoms. The number of ether oxygens (including phenoxy) is 1. The zero-order valence-electron chi connectivity index (χ0n) is 10.7. The molecule has 5 nitrogen and oxygen atoms in total. The number of hydrogen-bond donors (Lipinski definition) is 1.